The van der Waals surface area contributed by atoms with Gasteiger partial charge in [0.2, 0.25) is 0 Å². The van der Waals surface area contributed by atoms with Crippen molar-refractivity contribution < 1.29 is 24.2 Å². The lowest BCUT2D eigenvalue weighted by atomic mass is 9.86. The van der Waals surface area contributed by atoms with Crippen molar-refractivity contribution in [1.82, 2.24) is 0 Å². The predicted molar refractivity (Wildman–Crippen MR) is 60.5 cm³/mol. The quantitative estimate of drug-likeness (QED) is 0.758. The molecule has 1 unspecified atom stereocenters. The number of carbonyl (C=O) groups is 2. The van der Waals surface area contributed by atoms with Gasteiger partial charge in [0.25, 0.3) is 0 Å². The molecule has 1 rings (SSSR count). The average Bonchev–Trinajstić information content (AvgIpc) is 2.13. The second kappa shape index (κ2) is 5.14. The summed E-state index contributed by atoms with van der Waals surface area (Å²) < 4.78 is 11.0. The molecule has 0 aromatic heterocycles. The van der Waals surface area contributed by atoms with E-state index in [1.54, 1.807) is 13.8 Å². The molecule has 0 spiro atoms. The van der Waals surface area contributed by atoms with Crippen molar-refractivity contribution in [3.8, 4) is 0 Å². The van der Waals surface area contributed by atoms with E-state index in [0.29, 0.717) is 12.7 Å². The zero-order valence-electron chi connectivity index (χ0n) is 10.7. The van der Waals surface area contributed by atoms with Crippen LogP contribution >= 0.6 is 0 Å². The van der Waals surface area contributed by atoms with E-state index < -0.39 is 29.9 Å². The number of carboxylic acid groups (broad SMARTS) is 1. The van der Waals surface area contributed by atoms with Crippen molar-refractivity contribution in [3.63, 3.8) is 0 Å². The van der Waals surface area contributed by atoms with Gasteiger partial charge in [-0.2, -0.15) is 0 Å². The van der Waals surface area contributed by atoms with Gasteiger partial charge >= 0.3 is 5.97 Å². The summed E-state index contributed by atoms with van der Waals surface area (Å²) in [5.74, 6) is -2.50. The molecule has 0 aliphatic carbocycles. The highest BCUT2D eigenvalue weighted by Crippen LogP contribution is 2.32. The molecule has 0 saturated carbocycles. The highest BCUT2D eigenvalue weighted by atomic mass is 16.7. The third-order valence-corrected chi connectivity index (χ3v) is 2.89. The summed E-state index contributed by atoms with van der Waals surface area (Å²) in [5, 5.41) is 9.22. The monoisotopic (exact) mass is 244 g/mol. The van der Waals surface area contributed by atoms with Crippen LogP contribution in [0.5, 0.6) is 0 Å². The summed E-state index contributed by atoms with van der Waals surface area (Å²) in [6.07, 6.45) is -0.0886. The SMILES string of the molecule is CC(C)C(C(=O)O)[C@H]1C[C@@H](C=O)OC(C)(C)O1. The van der Waals surface area contributed by atoms with Crippen LogP contribution in [0.25, 0.3) is 0 Å². The zero-order chi connectivity index (χ0) is 13.2. The first-order valence-corrected chi connectivity index (χ1v) is 5.80. The number of carboxylic acids is 1. The summed E-state index contributed by atoms with van der Waals surface area (Å²) in [7, 11) is 0. The molecule has 1 aliphatic rings. The van der Waals surface area contributed by atoms with Crippen molar-refractivity contribution in [3.05, 3.63) is 0 Å². The first kappa shape index (κ1) is 14.1. The summed E-state index contributed by atoms with van der Waals surface area (Å²) in [5.41, 5.74) is 0. The number of aldehydes is 1. The maximum Gasteiger partial charge on any atom is 0.309 e. The van der Waals surface area contributed by atoms with Crippen molar-refractivity contribution in [1.29, 1.82) is 0 Å². The van der Waals surface area contributed by atoms with Gasteiger partial charge in [-0.1, -0.05) is 13.8 Å². The molecule has 1 N–H and O–H groups in total. The fraction of sp³-hybridized carbons (Fsp3) is 0.833. The average molecular weight is 244 g/mol. The molecule has 0 aromatic carbocycles. The molecule has 5 heteroatoms. The highest BCUT2D eigenvalue weighted by Gasteiger charge is 2.42. The van der Waals surface area contributed by atoms with Gasteiger partial charge in [-0.15, -0.1) is 0 Å². The van der Waals surface area contributed by atoms with Crippen LogP contribution < -0.4 is 0 Å². The number of hydrogen-bond acceptors (Lipinski definition) is 4. The summed E-state index contributed by atoms with van der Waals surface area (Å²) >= 11 is 0. The molecule has 3 atom stereocenters. The van der Waals surface area contributed by atoms with E-state index in [0.717, 1.165) is 0 Å². The zero-order valence-corrected chi connectivity index (χ0v) is 10.7. The van der Waals surface area contributed by atoms with E-state index in [1.807, 2.05) is 13.8 Å². The third-order valence-electron chi connectivity index (χ3n) is 2.89. The number of carbonyl (C=O) groups excluding carboxylic acids is 1. The van der Waals surface area contributed by atoms with Crippen LogP contribution in [0.4, 0.5) is 0 Å². The van der Waals surface area contributed by atoms with E-state index in [2.05, 4.69) is 0 Å². The molecule has 1 heterocycles. The van der Waals surface area contributed by atoms with E-state index >= 15 is 0 Å². The Morgan fingerprint density at radius 1 is 1.41 bits per heavy atom. The lowest BCUT2D eigenvalue weighted by Crippen LogP contribution is -2.50. The van der Waals surface area contributed by atoms with Crippen LogP contribution in [-0.2, 0) is 19.1 Å². The number of ether oxygens (including phenoxy) is 2. The van der Waals surface area contributed by atoms with Crippen LogP contribution in [0, 0.1) is 11.8 Å². The Labute approximate surface area is 101 Å². The number of aliphatic carboxylic acids is 1. The van der Waals surface area contributed by atoms with Gasteiger partial charge in [-0.25, -0.2) is 0 Å². The van der Waals surface area contributed by atoms with Crippen LogP contribution in [0.15, 0.2) is 0 Å². The minimum absolute atomic E-state index is 0.0568. The Balaban J connectivity index is 2.87. The van der Waals surface area contributed by atoms with Crippen molar-refractivity contribution >= 4 is 12.3 Å². The van der Waals surface area contributed by atoms with Gasteiger partial charge in [0.05, 0.1) is 12.0 Å². The second-order valence-corrected chi connectivity index (χ2v) is 5.19. The fourth-order valence-electron chi connectivity index (χ4n) is 2.26. The summed E-state index contributed by atoms with van der Waals surface area (Å²) in [4.78, 5) is 22.1. The first-order chi connectivity index (χ1) is 7.76. The first-order valence-electron chi connectivity index (χ1n) is 5.80. The highest BCUT2D eigenvalue weighted by molar-refractivity contribution is 5.71. The largest absolute Gasteiger partial charge is 0.481 e. The van der Waals surface area contributed by atoms with Gasteiger partial charge in [0, 0.05) is 6.42 Å². The van der Waals surface area contributed by atoms with Crippen molar-refractivity contribution in [2.24, 2.45) is 11.8 Å². The molecule has 17 heavy (non-hydrogen) atoms. The van der Waals surface area contributed by atoms with Gasteiger partial charge in [0.1, 0.15) is 12.4 Å². The number of rotatable bonds is 4. The molecular formula is C12H20O5. The van der Waals surface area contributed by atoms with E-state index in [9.17, 15) is 14.7 Å². The minimum Gasteiger partial charge on any atom is -0.481 e. The molecule has 1 saturated heterocycles. The molecule has 0 radical (unpaired) electrons. The van der Waals surface area contributed by atoms with Gasteiger partial charge < -0.3 is 19.4 Å². The minimum atomic E-state index is -0.920. The second-order valence-electron chi connectivity index (χ2n) is 5.19. The Morgan fingerprint density at radius 3 is 2.41 bits per heavy atom. The molecule has 1 fully saturated rings. The van der Waals surface area contributed by atoms with E-state index in [4.69, 9.17) is 9.47 Å². The maximum absolute atomic E-state index is 11.2. The van der Waals surface area contributed by atoms with Crippen molar-refractivity contribution in [2.45, 2.75) is 52.1 Å². The molecular weight excluding hydrogens is 224 g/mol. The Hall–Kier alpha value is -0.940. The predicted octanol–water partition coefficient (Wildman–Crippen LogP) is 1.45. The van der Waals surface area contributed by atoms with Gasteiger partial charge in [-0.05, 0) is 19.8 Å². The van der Waals surface area contributed by atoms with E-state index in [1.165, 1.54) is 0 Å². The maximum atomic E-state index is 11.2. The molecule has 5 nitrogen and oxygen atoms in total. The standard InChI is InChI=1S/C12H20O5/c1-7(2)10(11(14)15)9-5-8(6-13)16-12(3,4)17-9/h6-10H,5H2,1-4H3,(H,14,15)/t8-,9+,10?/m0/s1. The van der Waals surface area contributed by atoms with Crippen LogP contribution in [0.3, 0.4) is 0 Å². The molecule has 0 amide bonds. The third kappa shape index (κ3) is 3.51. The topological polar surface area (TPSA) is 72.8 Å². The Bertz CT molecular complexity index is 297. The normalized spacial score (nSPS) is 29.9. The van der Waals surface area contributed by atoms with E-state index in [-0.39, 0.29) is 5.92 Å². The summed E-state index contributed by atoms with van der Waals surface area (Å²) in [6.45, 7) is 7.05. The van der Waals surface area contributed by atoms with Crippen molar-refractivity contribution in [2.75, 3.05) is 0 Å². The lowest BCUT2D eigenvalue weighted by Gasteiger charge is -2.41. The summed E-state index contributed by atoms with van der Waals surface area (Å²) in [6, 6.07) is 0. The lowest BCUT2D eigenvalue weighted by molar-refractivity contribution is -0.300. The Morgan fingerprint density at radius 2 is 2.00 bits per heavy atom. The molecule has 0 aromatic rings. The fourth-order valence-corrected chi connectivity index (χ4v) is 2.26. The number of hydrogen-bond donors (Lipinski definition) is 1. The molecule has 0 bridgehead atoms. The molecule has 1 aliphatic heterocycles. The van der Waals surface area contributed by atoms with Crippen LogP contribution in [0.1, 0.15) is 34.1 Å². The van der Waals surface area contributed by atoms with Gasteiger partial charge in [-0.3, -0.25) is 4.79 Å². The Kier molecular flexibility index (Phi) is 4.27. The van der Waals surface area contributed by atoms with Crippen LogP contribution in [-0.4, -0.2) is 35.4 Å². The molecule has 98 valence electrons. The van der Waals surface area contributed by atoms with Crippen LogP contribution in [0.2, 0.25) is 0 Å². The smallest absolute Gasteiger partial charge is 0.309 e. The van der Waals surface area contributed by atoms with Gasteiger partial charge in [0.15, 0.2) is 5.79 Å².